The normalized spacial score (nSPS) is 24.7. The molecule has 2 aliphatic rings. The summed E-state index contributed by atoms with van der Waals surface area (Å²) in [6.07, 6.45) is 4.03. The number of amides is 1. The number of nitrogens with zero attached hydrogens (tertiary/aromatic N) is 1. The number of likely N-dealkylation sites (tertiary alicyclic amines) is 1. The van der Waals surface area contributed by atoms with E-state index >= 15 is 0 Å². The third kappa shape index (κ3) is 3.70. The van der Waals surface area contributed by atoms with E-state index in [0.29, 0.717) is 26.1 Å². The molecule has 1 saturated heterocycles. The number of rotatable bonds is 5. The Bertz CT molecular complexity index is 302. The Balaban J connectivity index is 1.71. The Morgan fingerprint density at radius 2 is 2.06 bits per heavy atom. The van der Waals surface area contributed by atoms with E-state index in [1.54, 1.807) is 4.90 Å². The Labute approximate surface area is 101 Å². The van der Waals surface area contributed by atoms with Crippen LogP contribution in [0.4, 0.5) is 0 Å². The summed E-state index contributed by atoms with van der Waals surface area (Å²) in [4.78, 5) is 24.4. The van der Waals surface area contributed by atoms with Gasteiger partial charge in [0.15, 0.2) is 0 Å². The third-order valence-corrected chi connectivity index (χ3v) is 3.53. The first-order valence-electron chi connectivity index (χ1n) is 6.38. The second kappa shape index (κ2) is 5.49. The molecule has 5 heteroatoms. The number of hydrogen-bond acceptors (Lipinski definition) is 3. The molecule has 0 aromatic rings. The van der Waals surface area contributed by atoms with Crippen LogP contribution in [0.5, 0.6) is 0 Å². The lowest BCUT2D eigenvalue weighted by atomic mass is 9.98. The number of nitrogens with one attached hydrogen (secondary N) is 1. The summed E-state index contributed by atoms with van der Waals surface area (Å²) in [5.74, 6) is -0.364. The van der Waals surface area contributed by atoms with Gasteiger partial charge in [-0.3, -0.25) is 9.59 Å². The minimum atomic E-state index is -0.784. The molecule has 17 heavy (non-hydrogen) atoms. The van der Waals surface area contributed by atoms with Crippen molar-refractivity contribution < 1.29 is 14.7 Å². The molecular formula is C12H20N2O3. The van der Waals surface area contributed by atoms with Gasteiger partial charge in [-0.1, -0.05) is 0 Å². The van der Waals surface area contributed by atoms with E-state index in [-0.39, 0.29) is 11.8 Å². The van der Waals surface area contributed by atoms with Gasteiger partial charge in [-0.2, -0.15) is 0 Å². The van der Waals surface area contributed by atoms with E-state index < -0.39 is 5.97 Å². The van der Waals surface area contributed by atoms with E-state index in [1.807, 2.05) is 0 Å². The SMILES string of the molecule is O=C(O)C1CCCN(C(=O)CNCC2CC2)C1. The number of hydrogen-bond donors (Lipinski definition) is 2. The van der Waals surface area contributed by atoms with Crippen LogP contribution in [0.3, 0.4) is 0 Å². The Kier molecular flexibility index (Phi) is 3.99. The van der Waals surface area contributed by atoms with Gasteiger partial charge in [0.25, 0.3) is 0 Å². The molecule has 5 nitrogen and oxygen atoms in total. The smallest absolute Gasteiger partial charge is 0.308 e. The van der Waals surface area contributed by atoms with Crippen molar-refractivity contribution in [1.29, 1.82) is 0 Å². The molecule has 1 saturated carbocycles. The fourth-order valence-electron chi connectivity index (χ4n) is 2.22. The monoisotopic (exact) mass is 240 g/mol. The van der Waals surface area contributed by atoms with Crippen LogP contribution in [0, 0.1) is 11.8 Å². The molecular weight excluding hydrogens is 220 g/mol. The zero-order valence-corrected chi connectivity index (χ0v) is 10.0. The van der Waals surface area contributed by atoms with Crippen LogP contribution in [-0.2, 0) is 9.59 Å². The highest BCUT2D eigenvalue weighted by Crippen LogP contribution is 2.27. The van der Waals surface area contributed by atoms with Gasteiger partial charge in [0.2, 0.25) is 5.91 Å². The molecule has 1 unspecified atom stereocenters. The fraction of sp³-hybridized carbons (Fsp3) is 0.833. The maximum atomic E-state index is 11.8. The van der Waals surface area contributed by atoms with Crippen molar-refractivity contribution in [2.24, 2.45) is 11.8 Å². The highest BCUT2D eigenvalue weighted by molar-refractivity contribution is 5.79. The summed E-state index contributed by atoms with van der Waals surface area (Å²) < 4.78 is 0. The molecule has 0 bridgehead atoms. The number of aliphatic carboxylic acids is 1. The van der Waals surface area contributed by atoms with Gasteiger partial charge < -0.3 is 15.3 Å². The molecule has 1 heterocycles. The summed E-state index contributed by atoms with van der Waals surface area (Å²) in [6.45, 7) is 2.35. The predicted octanol–water partition coefficient (Wildman–Crippen LogP) is 0.309. The molecule has 1 amide bonds. The maximum absolute atomic E-state index is 11.8. The van der Waals surface area contributed by atoms with Crippen LogP contribution in [-0.4, -0.2) is 48.1 Å². The van der Waals surface area contributed by atoms with Gasteiger partial charge in [-0.05, 0) is 38.1 Å². The summed E-state index contributed by atoms with van der Waals surface area (Å²) in [7, 11) is 0. The number of piperidine rings is 1. The lowest BCUT2D eigenvalue weighted by molar-refractivity contribution is -0.145. The Morgan fingerprint density at radius 1 is 1.29 bits per heavy atom. The minimum absolute atomic E-state index is 0.0385. The molecule has 0 aromatic carbocycles. The zero-order valence-electron chi connectivity index (χ0n) is 10.0. The highest BCUT2D eigenvalue weighted by Gasteiger charge is 2.28. The average molecular weight is 240 g/mol. The Hall–Kier alpha value is -1.10. The maximum Gasteiger partial charge on any atom is 0.308 e. The molecule has 96 valence electrons. The first-order valence-corrected chi connectivity index (χ1v) is 6.38. The number of carboxylic acid groups (broad SMARTS) is 1. The van der Waals surface area contributed by atoms with Crippen molar-refractivity contribution in [1.82, 2.24) is 10.2 Å². The van der Waals surface area contributed by atoms with Gasteiger partial charge >= 0.3 is 5.97 Å². The third-order valence-electron chi connectivity index (χ3n) is 3.53. The van der Waals surface area contributed by atoms with E-state index in [0.717, 1.165) is 18.9 Å². The second-order valence-electron chi connectivity index (χ2n) is 5.09. The van der Waals surface area contributed by atoms with Gasteiger partial charge in [0, 0.05) is 13.1 Å². The average Bonchev–Trinajstić information content (AvgIpc) is 3.13. The van der Waals surface area contributed by atoms with E-state index in [2.05, 4.69) is 5.32 Å². The topological polar surface area (TPSA) is 69.6 Å². The highest BCUT2D eigenvalue weighted by atomic mass is 16.4. The van der Waals surface area contributed by atoms with Crippen molar-refractivity contribution in [2.75, 3.05) is 26.2 Å². The molecule has 2 N–H and O–H groups in total. The molecule has 0 spiro atoms. The standard InChI is InChI=1S/C12H20N2O3/c15-11(7-13-6-9-3-4-9)14-5-1-2-10(8-14)12(16)17/h9-10,13H,1-8H2,(H,16,17). The van der Waals surface area contributed by atoms with E-state index in [9.17, 15) is 9.59 Å². The molecule has 0 radical (unpaired) electrons. The van der Waals surface area contributed by atoms with Gasteiger partial charge in [-0.15, -0.1) is 0 Å². The number of carboxylic acids is 1. The molecule has 1 aliphatic heterocycles. The van der Waals surface area contributed by atoms with Crippen LogP contribution < -0.4 is 5.32 Å². The van der Waals surface area contributed by atoms with E-state index in [4.69, 9.17) is 5.11 Å². The molecule has 1 atom stereocenters. The number of carbonyl (C=O) groups is 2. The first kappa shape index (κ1) is 12.4. The number of carbonyl (C=O) groups excluding carboxylic acids is 1. The Morgan fingerprint density at radius 3 is 2.71 bits per heavy atom. The first-order chi connectivity index (χ1) is 8.16. The van der Waals surface area contributed by atoms with Crippen molar-refractivity contribution in [2.45, 2.75) is 25.7 Å². The fourth-order valence-corrected chi connectivity index (χ4v) is 2.22. The largest absolute Gasteiger partial charge is 0.481 e. The quantitative estimate of drug-likeness (QED) is 0.725. The van der Waals surface area contributed by atoms with Crippen LogP contribution in [0.1, 0.15) is 25.7 Å². The van der Waals surface area contributed by atoms with Crippen molar-refractivity contribution in [3.05, 3.63) is 0 Å². The van der Waals surface area contributed by atoms with Gasteiger partial charge in [-0.25, -0.2) is 0 Å². The summed E-state index contributed by atoms with van der Waals surface area (Å²) >= 11 is 0. The van der Waals surface area contributed by atoms with Gasteiger partial charge in [0.1, 0.15) is 0 Å². The van der Waals surface area contributed by atoms with Crippen LogP contribution in [0.2, 0.25) is 0 Å². The van der Waals surface area contributed by atoms with Gasteiger partial charge in [0.05, 0.1) is 12.5 Å². The molecule has 2 fully saturated rings. The van der Waals surface area contributed by atoms with Crippen LogP contribution in [0.15, 0.2) is 0 Å². The summed E-state index contributed by atoms with van der Waals surface area (Å²) in [5, 5.41) is 12.1. The zero-order chi connectivity index (χ0) is 12.3. The van der Waals surface area contributed by atoms with E-state index in [1.165, 1.54) is 12.8 Å². The van der Waals surface area contributed by atoms with Crippen LogP contribution >= 0.6 is 0 Å². The van der Waals surface area contributed by atoms with Crippen molar-refractivity contribution in [3.8, 4) is 0 Å². The van der Waals surface area contributed by atoms with Crippen molar-refractivity contribution in [3.63, 3.8) is 0 Å². The van der Waals surface area contributed by atoms with Crippen LogP contribution in [0.25, 0.3) is 0 Å². The summed E-state index contributed by atoms with van der Waals surface area (Å²) in [6, 6.07) is 0. The lowest BCUT2D eigenvalue weighted by Gasteiger charge is -2.30. The van der Waals surface area contributed by atoms with Crippen molar-refractivity contribution >= 4 is 11.9 Å². The lowest BCUT2D eigenvalue weighted by Crippen LogP contribution is -2.45. The predicted molar refractivity (Wildman–Crippen MR) is 62.5 cm³/mol. The molecule has 2 rings (SSSR count). The minimum Gasteiger partial charge on any atom is -0.481 e. The second-order valence-corrected chi connectivity index (χ2v) is 5.09. The molecule has 0 aromatic heterocycles. The summed E-state index contributed by atoms with van der Waals surface area (Å²) in [5.41, 5.74) is 0. The molecule has 1 aliphatic carbocycles.